The first-order valence-electron chi connectivity index (χ1n) is 7.01. The van der Waals surface area contributed by atoms with Crippen molar-refractivity contribution in [2.24, 2.45) is 0 Å². The van der Waals surface area contributed by atoms with Crippen molar-refractivity contribution in [1.29, 1.82) is 0 Å². The lowest BCUT2D eigenvalue weighted by Gasteiger charge is -2.33. The van der Waals surface area contributed by atoms with E-state index >= 15 is 0 Å². The summed E-state index contributed by atoms with van der Waals surface area (Å²) in [6.07, 6.45) is 0. The molecule has 0 heterocycles. The van der Waals surface area contributed by atoms with Crippen LogP contribution in [0.4, 0.5) is 0 Å². The van der Waals surface area contributed by atoms with E-state index in [-0.39, 0.29) is 5.16 Å². The van der Waals surface area contributed by atoms with Gasteiger partial charge >= 0.3 is 0 Å². The van der Waals surface area contributed by atoms with Crippen molar-refractivity contribution in [2.75, 3.05) is 0 Å². The highest BCUT2D eigenvalue weighted by Gasteiger charge is 2.28. The van der Waals surface area contributed by atoms with Crippen molar-refractivity contribution in [1.82, 2.24) is 0 Å². The van der Waals surface area contributed by atoms with Gasteiger partial charge in [-0.3, -0.25) is 0 Å². The third-order valence-corrected chi connectivity index (χ3v) is 6.26. The fourth-order valence-electron chi connectivity index (χ4n) is 2.67. The summed E-state index contributed by atoms with van der Waals surface area (Å²) < 4.78 is 0. The number of benzene rings is 2. The maximum absolute atomic E-state index is 4.26. The molecule has 0 bridgehead atoms. The summed E-state index contributed by atoms with van der Waals surface area (Å²) in [6, 6.07) is 19.4. The van der Waals surface area contributed by atoms with Crippen LogP contribution in [0.3, 0.4) is 0 Å². The zero-order chi connectivity index (χ0) is 14.8. The molecule has 20 heavy (non-hydrogen) atoms. The predicted molar refractivity (Wildman–Crippen MR) is 93.0 cm³/mol. The molecular formula is C19H23P. The van der Waals surface area contributed by atoms with E-state index in [1.807, 2.05) is 0 Å². The fourth-order valence-corrected chi connectivity index (χ4v) is 5.63. The van der Waals surface area contributed by atoms with Gasteiger partial charge in [0.05, 0.1) is 0 Å². The van der Waals surface area contributed by atoms with Gasteiger partial charge in [-0.15, -0.1) is 0 Å². The Labute approximate surface area is 124 Å². The summed E-state index contributed by atoms with van der Waals surface area (Å²) in [6.45, 7) is 13.4. The first-order valence-corrected chi connectivity index (χ1v) is 8.35. The molecule has 0 amide bonds. The van der Waals surface area contributed by atoms with Gasteiger partial charge in [-0.2, -0.15) is 0 Å². The molecule has 2 aromatic carbocycles. The molecule has 0 fully saturated rings. The maximum atomic E-state index is 4.26. The van der Waals surface area contributed by atoms with Crippen LogP contribution in [0.15, 0.2) is 66.5 Å². The number of hydrogen-bond donors (Lipinski definition) is 0. The predicted octanol–water partition coefficient (Wildman–Crippen LogP) is 5.79. The molecule has 0 saturated carbocycles. The molecule has 104 valence electrons. The molecular weight excluding hydrogens is 259 g/mol. The van der Waals surface area contributed by atoms with Crippen LogP contribution in [-0.4, -0.2) is 5.16 Å². The maximum Gasteiger partial charge on any atom is -0.0102 e. The molecule has 0 aliphatic rings. The van der Waals surface area contributed by atoms with Crippen LogP contribution in [-0.2, 0) is 0 Å². The van der Waals surface area contributed by atoms with E-state index in [0.29, 0.717) is 0 Å². The van der Waals surface area contributed by atoms with Gasteiger partial charge in [0, 0.05) is 0 Å². The van der Waals surface area contributed by atoms with Crippen LogP contribution >= 0.6 is 7.92 Å². The van der Waals surface area contributed by atoms with Crippen LogP contribution in [0, 0.1) is 0 Å². The Balaban J connectivity index is 2.60. The SMILES string of the molecule is C=C(C)P(c1ccccc1-c1ccccc1)C(C)(C)C. The van der Waals surface area contributed by atoms with Crippen molar-refractivity contribution >= 4 is 13.2 Å². The fraction of sp³-hybridized carbons (Fsp3) is 0.263. The van der Waals surface area contributed by atoms with Crippen molar-refractivity contribution < 1.29 is 0 Å². The molecule has 1 heteroatoms. The summed E-state index contributed by atoms with van der Waals surface area (Å²) in [5.41, 5.74) is 2.64. The van der Waals surface area contributed by atoms with E-state index in [2.05, 4.69) is 88.9 Å². The molecule has 0 N–H and O–H groups in total. The van der Waals surface area contributed by atoms with E-state index in [4.69, 9.17) is 0 Å². The zero-order valence-corrected chi connectivity index (χ0v) is 13.7. The Morgan fingerprint density at radius 3 is 2.00 bits per heavy atom. The summed E-state index contributed by atoms with van der Waals surface area (Å²) in [5, 5.41) is 2.95. The topological polar surface area (TPSA) is 0 Å². The van der Waals surface area contributed by atoms with Gasteiger partial charge in [-0.1, -0.05) is 87.3 Å². The molecule has 2 rings (SSSR count). The zero-order valence-electron chi connectivity index (χ0n) is 12.9. The van der Waals surface area contributed by atoms with E-state index in [1.165, 1.54) is 21.7 Å². The summed E-state index contributed by atoms with van der Waals surface area (Å²) in [7, 11) is -0.395. The van der Waals surface area contributed by atoms with Gasteiger partial charge in [-0.25, -0.2) is 0 Å². The largest absolute Gasteiger partial charge is 0.0953 e. The number of hydrogen-bond acceptors (Lipinski definition) is 0. The van der Waals surface area contributed by atoms with E-state index < -0.39 is 7.92 Å². The van der Waals surface area contributed by atoms with Gasteiger partial charge in [0.2, 0.25) is 0 Å². The Hall–Kier alpha value is -1.39. The van der Waals surface area contributed by atoms with Gasteiger partial charge in [0.1, 0.15) is 0 Å². The Morgan fingerprint density at radius 2 is 1.45 bits per heavy atom. The van der Waals surface area contributed by atoms with E-state index in [0.717, 1.165) is 0 Å². The molecule has 0 saturated heterocycles. The highest BCUT2D eigenvalue weighted by Crippen LogP contribution is 2.55. The van der Waals surface area contributed by atoms with Crippen LogP contribution < -0.4 is 5.30 Å². The Kier molecular flexibility index (Phi) is 4.45. The molecule has 0 spiro atoms. The number of allylic oxidation sites excluding steroid dienone is 1. The quantitative estimate of drug-likeness (QED) is 0.625. The molecule has 0 nitrogen and oxygen atoms in total. The Morgan fingerprint density at radius 1 is 0.900 bits per heavy atom. The van der Waals surface area contributed by atoms with E-state index in [9.17, 15) is 0 Å². The highest BCUT2D eigenvalue weighted by atomic mass is 31.1. The van der Waals surface area contributed by atoms with Gasteiger partial charge in [-0.05, 0) is 36.4 Å². The monoisotopic (exact) mass is 282 g/mol. The second-order valence-electron chi connectivity index (χ2n) is 6.12. The van der Waals surface area contributed by atoms with Crippen LogP contribution in [0.5, 0.6) is 0 Å². The average molecular weight is 282 g/mol. The van der Waals surface area contributed by atoms with Gasteiger partial charge < -0.3 is 0 Å². The molecule has 1 unspecified atom stereocenters. The second-order valence-corrected chi connectivity index (χ2v) is 9.38. The van der Waals surface area contributed by atoms with Crippen LogP contribution in [0.1, 0.15) is 27.7 Å². The third kappa shape index (κ3) is 3.19. The minimum atomic E-state index is -0.395. The third-order valence-electron chi connectivity index (χ3n) is 3.28. The van der Waals surface area contributed by atoms with Crippen molar-refractivity contribution in [3.63, 3.8) is 0 Å². The molecule has 1 atom stereocenters. The van der Waals surface area contributed by atoms with Crippen molar-refractivity contribution in [3.8, 4) is 11.1 Å². The van der Waals surface area contributed by atoms with Crippen LogP contribution in [0.25, 0.3) is 11.1 Å². The molecule has 0 aromatic heterocycles. The summed E-state index contributed by atoms with van der Waals surface area (Å²) >= 11 is 0. The number of rotatable bonds is 3. The van der Waals surface area contributed by atoms with Crippen molar-refractivity contribution in [3.05, 3.63) is 66.5 Å². The second kappa shape index (κ2) is 5.94. The molecule has 0 radical (unpaired) electrons. The van der Waals surface area contributed by atoms with Crippen molar-refractivity contribution in [2.45, 2.75) is 32.9 Å². The smallest absolute Gasteiger partial charge is 0.0102 e. The first-order chi connectivity index (χ1) is 9.41. The molecule has 0 aliphatic carbocycles. The average Bonchev–Trinajstić information content (AvgIpc) is 2.38. The van der Waals surface area contributed by atoms with Crippen LogP contribution in [0.2, 0.25) is 0 Å². The standard InChI is InChI=1S/C19H23P/c1-15(2)20(19(3,4)5)18-14-10-9-13-17(18)16-11-7-6-8-12-16/h6-14H,1H2,2-5H3. The normalized spacial score (nSPS) is 13.0. The molecule has 0 aliphatic heterocycles. The van der Waals surface area contributed by atoms with Gasteiger partial charge in [0.15, 0.2) is 0 Å². The lowest BCUT2D eigenvalue weighted by molar-refractivity contribution is 0.791. The summed E-state index contributed by atoms with van der Waals surface area (Å²) in [5.74, 6) is 0. The minimum absolute atomic E-state index is 0.228. The lowest BCUT2D eigenvalue weighted by atomic mass is 10.1. The lowest BCUT2D eigenvalue weighted by Crippen LogP contribution is -2.21. The van der Waals surface area contributed by atoms with Gasteiger partial charge in [0.25, 0.3) is 0 Å². The molecule has 2 aromatic rings. The highest BCUT2D eigenvalue weighted by molar-refractivity contribution is 7.71. The van der Waals surface area contributed by atoms with E-state index in [1.54, 1.807) is 0 Å². The minimum Gasteiger partial charge on any atom is -0.0953 e. The Bertz CT molecular complexity index is 591. The first kappa shape index (κ1) is 15.0. The summed E-state index contributed by atoms with van der Waals surface area (Å²) in [4.78, 5) is 0.